The van der Waals surface area contributed by atoms with Crippen molar-refractivity contribution in [3.63, 3.8) is 0 Å². The third-order valence-electron chi connectivity index (χ3n) is 5.36. The molecule has 0 radical (unpaired) electrons. The highest BCUT2D eigenvalue weighted by molar-refractivity contribution is 7.92. The van der Waals surface area contributed by atoms with Crippen molar-refractivity contribution < 1.29 is 13.3 Å². The zero-order valence-corrected chi connectivity index (χ0v) is 18.4. The van der Waals surface area contributed by atoms with Crippen LogP contribution >= 0.6 is 0 Å². The number of nitrogens with one attached hydrogen (secondary N) is 2. The second-order valence-corrected chi connectivity index (χ2v) is 9.34. The predicted molar refractivity (Wildman–Crippen MR) is 125 cm³/mol. The number of nitro groups is 1. The number of fused-ring (bicyclic) bond motifs is 1. The number of nitro benzene ring substituents is 1. The van der Waals surface area contributed by atoms with Crippen LogP contribution in [0.5, 0.6) is 0 Å². The van der Waals surface area contributed by atoms with Gasteiger partial charge in [-0.3, -0.25) is 20.3 Å². The standard InChI is InChI=1S/C23H22N4O4S/c1-15-7-10-20(16(2)13-15)26-32(30,31)23-14-18(27(28)29)9-12-22(23)25-24-21-11-8-17-5-3-4-6-19(17)21/h3-7,9-10,12-14,25-26H,8,11H2,1-2H3/b24-21+. The number of hydrogen-bond donors (Lipinski definition) is 2. The lowest BCUT2D eigenvalue weighted by Crippen LogP contribution is -2.16. The van der Waals surface area contributed by atoms with Gasteiger partial charge in [0.05, 0.1) is 22.0 Å². The first-order valence-corrected chi connectivity index (χ1v) is 11.5. The van der Waals surface area contributed by atoms with E-state index in [4.69, 9.17) is 0 Å². The average Bonchev–Trinajstić information content (AvgIpc) is 3.17. The van der Waals surface area contributed by atoms with Crippen molar-refractivity contribution in [2.75, 3.05) is 10.1 Å². The molecule has 0 aliphatic heterocycles. The van der Waals surface area contributed by atoms with Crippen molar-refractivity contribution in [1.82, 2.24) is 0 Å². The first-order chi connectivity index (χ1) is 15.2. The fraction of sp³-hybridized carbons (Fsp3) is 0.174. The Morgan fingerprint density at radius 2 is 1.72 bits per heavy atom. The molecule has 4 rings (SSSR count). The van der Waals surface area contributed by atoms with Gasteiger partial charge in [-0.1, -0.05) is 42.0 Å². The van der Waals surface area contributed by atoms with Crippen molar-refractivity contribution in [2.45, 2.75) is 31.6 Å². The molecular formula is C23H22N4O4S. The molecule has 164 valence electrons. The molecule has 0 saturated carbocycles. The molecule has 0 unspecified atom stereocenters. The quantitative estimate of drug-likeness (QED) is 0.415. The minimum atomic E-state index is -4.13. The molecule has 0 amide bonds. The summed E-state index contributed by atoms with van der Waals surface area (Å²) in [6, 6.07) is 16.9. The average molecular weight is 451 g/mol. The number of rotatable bonds is 6. The second kappa shape index (κ2) is 8.43. The van der Waals surface area contributed by atoms with Crippen LogP contribution in [0.2, 0.25) is 0 Å². The van der Waals surface area contributed by atoms with Gasteiger partial charge in [0.15, 0.2) is 0 Å². The van der Waals surface area contributed by atoms with E-state index in [2.05, 4.69) is 15.2 Å². The smallest absolute Gasteiger partial charge is 0.270 e. The molecule has 0 bridgehead atoms. The van der Waals surface area contributed by atoms with Gasteiger partial charge in [-0.05, 0) is 49.9 Å². The predicted octanol–water partition coefficient (Wildman–Crippen LogP) is 4.77. The summed E-state index contributed by atoms with van der Waals surface area (Å²) in [7, 11) is -4.13. The molecule has 0 saturated heterocycles. The Labute approximate surface area is 186 Å². The lowest BCUT2D eigenvalue weighted by molar-refractivity contribution is -0.385. The van der Waals surface area contributed by atoms with Crippen LogP contribution < -0.4 is 10.1 Å². The van der Waals surface area contributed by atoms with Gasteiger partial charge in [-0.2, -0.15) is 5.10 Å². The first kappa shape index (κ1) is 21.5. The van der Waals surface area contributed by atoms with Gasteiger partial charge in [0.1, 0.15) is 4.90 Å². The molecule has 8 nitrogen and oxygen atoms in total. The first-order valence-electron chi connectivity index (χ1n) is 10.0. The summed E-state index contributed by atoms with van der Waals surface area (Å²) in [4.78, 5) is 10.4. The molecule has 3 aromatic carbocycles. The summed E-state index contributed by atoms with van der Waals surface area (Å²) >= 11 is 0. The maximum Gasteiger partial charge on any atom is 0.270 e. The lowest BCUT2D eigenvalue weighted by atomic mass is 10.1. The largest absolute Gasteiger partial charge is 0.279 e. The van der Waals surface area contributed by atoms with Crippen molar-refractivity contribution in [1.29, 1.82) is 0 Å². The number of non-ortho nitro benzene ring substituents is 1. The summed E-state index contributed by atoms with van der Waals surface area (Å²) in [6.07, 6.45) is 1.58. The molecule has 2 N–H and O–H groups in total. The van der Waals surface area contributed by atoms with E-state index in [-0.39, 0.29) is 16.3 Å². The number of nitrogens with zero attached hydrogens (tertiary/aromatic N) is 2. The molecule has 0 aromatic heterocycles. The maximum absolute atomic E-state index is 13.2. The Morgan fingerprint density at radius 3 is 2.47 bits per heavy atom. The van der Waals surface area contributed by atoms with E-state index < -0.39 is 14.9 Å². The van der Waals surface area contributed by atoms with Crippen LogP contribution in [0.3, 0.4) is 0 Å². The molecule has 0 atom stereocenters. The lowest BCUT2D eigenvalue weighted by Gasteiger charge is -2.14. The van der Waals surface area contributed by atoms with Crippen LogP contribution in [0, 0.1) is 24.0 Å². The Hall–Kier alpha value is -3.72. The highest BCUT2D eigenvalue weighted by Crippen LogP contribution is 2.30. The van der Waals surface area contributed by atoms with Crippen LogP contribution in [0.25, 0.3) is 0 Å². The third-order valence-corrected chi connectivity index (χ3v) is 6.77. The zero-order chi connectivity index (χ0) is 22.9. The van der Waals surface area contributed by atoms with Gasteiger partial charge in [0.25, 0.3) is 15.7 Å². The molecule has 1 aliphatic rings. The van der Waals surface area contributed by atoms with Gasteiger partial charge >= 0.3 is 0 Å². The fourth-order valence-corrected chi connectivity index (χ4v) is 5.03. The second-order valence-electron chi connectivity index (χ2n) is 7.69. The molecule has 9 heteroatoms. The molecule has 1 aliphatic carbocycles. The number of sulfonamides is 1. The van der Waals surface area contributed by atoms with Gasteiger partial charge < -0.3 is 0 Å². The van der Waals surface area contributed by atoms with Crippen LogP contribution in [0.15, 0.2) is 70.7 Å². The van der Waals surface area contributed by atoms with Crippen LogP contribution in [-0.4, -0.2) is 19.1 Å². The number of anilines is 2. The van der Waals surface area contributed by atoms with Crippen LogP contribution in [0.1, 0.15) is 28.7 Å². The van der Waals surface area contributed by atoms with E-state index in [0.29, 0.717) is 5.69 Å². The molecule has 0 spiro atoms. The minimum absolute atomic E-state index is 0.157. The summed E-state index contributed by atoms with van der Waals surface area (Å²) in [5.41, 5.74) is 7.81. The SMILES string of the molecule is Cc1ccc(NS(=O)(=O)c2cc([N+](=O)[O-])ccc2N/N=C2\CCc3ccccc32)c(C)c1. The zero-order valence-electron chi connectivity index (χ0n) is 17.6. The van der Waals surface area contributed by atoms with Crippen molar-refractivity contribution >= 4 is 32.8 Å². The van der Waals surface area contributed by atoms with E-state index in [9.17, 15) is 18.5 Å². The van der Waals surface area contributed by atoms with Crippen molar-refractivity contribution in [3.8, 4) is 0 Å². The Balaban J connectivity index is 1.71. The highest BCUT2D eigenvalue weighted by atomic mass is 32.2. The Bertz CT molecular complexity index is 1350. The van der Waals surface area contributed by atoms with Crippen molar-refractivity contribution in [3.05, 3.63) is 93.0 Å². The van der Waals surface area contributed by atoms with Gasteiger partial charge in [0, 0.05) is 17.7 Å². The molecule has 0 heterocycles. The summed E-state index contributed by atoms with van der Waals surface area (Å²) in [5, 5.41) is 15.7. The van der Waals surface area contributed by atoms with Gasteiger partial charge in [-0.25, -0.2) is 8.42 Å². The number of benzene rings is 3. The number of aryl methyl sites for hydroxylation is 3. The fourth-order valence-electron chi connectivity index (χ4n) is 3.72. The summed E-state index contributed by atoms with van der Waals surface area (Å²) < 4.78 is 29.0. The topological polar surface area (TPSA) is 114 Å². The van der Waals surface area contributed by atoms with E-state index in [1.165, 1.54) is 17.7 Å². The normalized spacial score (nSPS) is 14.2. The van der Waals surface area contributed by atoms with E-state index in [1.54, 1.807) is 19.1 Å². The van der Waals surface area contributed by atoms with E-state index in [1.807, 2.05) is 37.3 Å². The van der Waals surface area contributed by atoms with E-state index >= 15 is 0 Å². The minimum Gasteiger partial charge on any atom is -0.279 e. The molecule has 3 aromatic rings. The molecule has 0 fully saturated rings. The van der Waals surface area contributed by atoms with E-state index in [0.717, 1.165) is 41.3 Å². The summed E-state index contributed by atoms with van der Waals surface area (Å²) in [5.74, 6) is 0. The van der Waals surface area contributed by atoms with Gasteiger partial charge in [-0.15, -0.1) is 0 Å². The monoisotopic (exact) mass is 450 g/mol. The van der Waals surface area contributed by atoms with Gasteiger partial charge in [0.2, 0.25) is 0 Å². The van der Waals surface area contributed by atoms with Crippen molar-refractivity contribution in [2.24, 2.45) is 5.10 Å². The third kappa shape index (κ3) is 4.33. The summed E-state index contributed by atoms with van der Waals surface area (Å²) in [6.45, 7) is 3.70. The molecule has 32 heavy (non-hydrogen) atoms. The highest BCUT2D eigenvalue weighted by Gasteiger charge is 2.24. The van der Waals surface area contributed by atoms with Crippen LogP contribution in [0.4, 0.5) is 17.1 Å². The molecular weight excluding hydrogens is 428 g/mol. The number of hydrogen-bond acceptors (Lipinski definition) is 6. The Morgan fingerprint density at radius 1 is 0.969 bits per heavy atom. The maximum atomic E-state index is 13.2. The number of hydrazone groups is 1. The Kier molecular flexibility index (Phi) is 5.67. The van der Waals surface area contributed by atoms with Crippen LogP contribution in [-0.2, 0) is 16.4 Å².